The molecule has 2 rings (SSSR count). The Bertz CT molecular complexity index is 665. The molecule has 1 aromatic carbocycles. The molecule has 106 valence electrons. The van der Waals surface area contributed by atoms with Gasteiger partial charge in [-0.2, -0.15) is 0 Å². The second-order valence-electron chi connectivity index (χ2n) is 4.08. The maximum Gasteiger partial charge on any atom is 0.270 e. The largest absolute Gasteiger partial charge is 0.496 e. The monoisotopic (exact) mass is 295 g/mol. The van der Waals surface area contributed by atoms with Crippen LogP contribution in [0.5, 0.6) is 5.75 Å². The maximum atomic E-state index is 12.3. The number of hydrogen-bond acceptors (Lipinski definition) is 5. The Hall–Kier alpha value is -2.15. The molecule has 0 N–H and O–H groups in total. The number of rotatable bonds is 5. The smallest absolute Gasteiger partial charge is 0.270 e. The second kappa shape index (κ2) is 5.87. The summed E-state index contributed by atoms with van der Waals surface area (Å²) in [6.45, 7) is 1.72. The maximum absolute atomic E-state index is 12.3. The van der Waals surface area contributed by atoms with Crippen LogP contribution in [-0.2, 0) is 16.6 Å². The zero-order valence-corrected chi connectivity index (χ0v) is 11.8. The highest BCUT2D eigenvalue weighted by Crippen LogP contribution is 2.27. The normalized spacial score (nSPS) is 12.1. The van der Waals surface area contributed by atoms with Crippen LogP contribution in [0.15, 0.2) is 39.8 Å². The fraction of sp³-hybridized carbons (Fsp3) is 0.231. The molecule has 0 fully saturated rings. The first-order valence-electron chi connectivity index (χ1n) is 5.76. The Morgan fingerprint density at radius 1 is 1.40 bits per heavy atom. The van der Waals surface area contributed by atoms with Crippen LogP contribution in [-0.4, -0.2) is 16.2 Å². The van der Waals surface area contributed by atoms with Gasteiger partial charge in [-0.3, -0.25) is 14.3 Å². The van der Waals surface area contributed by atoms with Crippen molar-refractivity contribution in [1.82, 2.24) is 0 Å². The molecule has 0 spiro atoms. The molecular weight excluding hydrogens is 282 g/mol. The Labute approximate surface area is 118 Å². The number of nitro benzene ring substituents is 1. The number of hydrogen-bond donors (Lipinski definition) is 0. The Morgan fingerprint density at radius 2 is 2.15 bits per heavy atom. The van der Waals surface area contributed by atoms with Gasteiger partial charge in [0, 0.05) is 17.7 Å². The molecule has 1 aromatic heterocycles. The summed E-state index contributed by atoms with van der Waals surface area (Å²) >= 11 is 0. The summed E-state index contributed by atoms with van der Waals surface area (Å²) in [5.74, 6) is 1.18. The first kappa shape index (κ1) is 14.3. The lowest BCUT2D eigenvalue weighted by Gasteiger charge is -2.07. The predicted octanol–water partition coefficient (Wildman–Crippen LogP) is 2.81. The van der Waals surface area contributed by atoms with Crippen LogP contribution in [0.4, 0.5) is 5.69 Å². The Kier molecular flexibility index (Phi) is 4.19. The fourth-order valence-electron chi connectivity index (χ4n) is 1.82. The third-order valence-corrected chi connectivity index (χ3v) is 4.31. The van der Waals surface area contributed by atoms with E-state index in [1.807, 2.05) is 0 Å². The van der Waals surface area contributed by atoms with Gasteiger partial charge in [0.2, 0.25) is 0 Å². The summed E-state index contributed by atoms with van der Waals surface area (Å²) in [7, 11) is 0.124. The Balaban J connectivity index is 2.32. The van der Waals surface area contributed by atoms with Crippen molar-refractivity contribution < 1.29 is 18.3 Å². The van der Waals surface area contributed by atoms with Crippen molar-refractivity contribution >= 4 is 16.5 Å². The average molecular weight is 295 g/mol. The molecular formula is C13H13NO5S. The molecule has 2 aromatic rings. The summed E-state index contributed by atoms with van der Waals surface area (Å²) in [5, 5.41) is 10.8. The lowest BCUT2D eigenvalue weighted by Crippen LogP contribution is -2.01. The number of aryl methyl sites for hydroxylation is 1. The molecule has 0 bridgehead atoms. The third-order valence-electron chi connectivity index (χ3n) is 2.82. The topological polar surface area (TPSA) is 82.6 Å². The van der Waals surface area contributed by atoms with Crippen LogP contribution in [0.25, 0.3) is 0 Å². The highest BCUT2D eigenvalue weighted by Gasteiger charge is 2.16. The van der Waals surface area contributed by atoms with E-state index >= 15 is 0 Å². The molecule has 0 aliphatic rings. The van der Waals surface area contributed by atoms with Crippen molar-refractivity contribution in [2.45, 2.75) is 17.6 Å². The van der Waals surface area contributed by atoms with Crippen molar-refractivity contribution in [2.24, 2.45) is 0 Å². The minimum absolute atomic E-state index is 0.0540. The van der Waals surface area contributed by atoms with Crippen molar-refractivity contribution in [3.8, 4) is 5.75 Å². The number of benzene rings is 1. The highest BCUT2D eigenvalue weighted by atomic mass is 32.2. The van der Waals surface area contributed by atoms with Crippen LogP contribution in [0, 0.1) is 17.0 Å². The molecule has 0 aliphatic carbocycles. The number of methoxy groups -OCH3 is 1. The molecule has 1 heterocycles. The number of non-ortho nitro benzene ring substituents is 1. The zero-order chi connectivity index (χ0) is 14.7. The van der Waals surface area contributed by atoms with Gasteiger partial charge in [-0.15, -0.1) is 0 Å². The number of ether oxygens (including phenoxy) is 1. The van der Waals surface area contributed by atoms with Gasteiger partial charge >= 0.3 is 0 Å². The first-order valence-corrected chi connectivity index (χ1v) is 7.08. The first-order chi connectivity index (χ1) is 9.52. The predicted molar refractivity (Wildman–Crippen MR) is 73.2 cm³/mol. The van der Waals surface area contributed by atoms with Crippen LogP contribution in [0.1, 0.15) is 11.3 Å². The number of nitrogens with zero attached hydrogens (tertiary/aromatic N) is 1. The minimum Gasteiger partial charge on any atom is -0.496 e. The molecule has 1 atom stereocenters. The zero-order valence-electron chi connectivity index (χ0n) is 11.0. The lowest BCUT2D eigenvalue weighted by molar-refractivity contribution is -0.384. The van der Waals surface area contributed by atoms with E-state index in [9.17, 15) is 14.3 Å². The SMILES string of the molecule is COc1ccc([N+](=O)[O-])cc1C[S@](=O)c1ccoc1C. The van der Waals surface area contributed by atoms with E-state index in [4.69, 9.17) is 9.15 Å². The molecule has 0 saturated heterocycles. The van der Waals surface area contributed by atoms with Crippen LogP contribution >= 0.6 is 0 Å². The molecule has 0 radical (unpaired) electrons. The Morgan fingerprint density at radius 3 is 2.70 bits per heavy atom. The summed E-state index contributed by atoms with van der Waals surface area (Å²) in [6.07, 6.45) is 1.47. The van der Waals surface area contributed by atoms with Gasteiger partial charge in [0.1, 0.15) is 11.5 Å². The number of nitro groups is 1. The van der Waals surface area contributed by atoms with Gasteiger partial charge in [0.05, 0.1) is 39.7 Å². The van der Waals surface area contributed by atoms with Crippen molar-refractivity contribution in [3.05, 3.63) is 52.0 Å². The van der Waals surface area contributed by atoms with E-state index < -0.39 is 15.7 Å². The lowest BCUT2D eigenvalue weighted by atomic mass is 10.2. The van der Waals surface area contributed by atoms with Crippen LogP contribution < -0.4 is 4.74 Å². The van der Waals surface area contributed by atoms with Gasteiger partial charge in [0.15, 0.2) is 0 Å². The molecule has 0 unspecified atom stereocenters. The summed E-state index contributed by atoms with van der Waals surface area (Å²) in [6, 6.07) is 5.88. The van der Waals surface area contributed by atoms with Crippen LogP contribution in [0.2, 0.25) is 0 Å². The molecule has 0 amide bonds. The highest BCUT2D eigenvalue weighted by molar-refractivity contribution is 7.84. The van der Waals surface area contributed by atoms with E-state index in [1.165, 1.54) is 31.6 Å². The van der Waals surface area contributed by atoms with Crippen LogP contribution in [0.3, 0.4) is 0 Å². The minimum atomic E-state index is -1.34. The molecule has 7 heteroatoms. The molecule has 6 nitrogen and oxygen atoms in total. The average Bonchev–Trinajstić information content (AvgIpc) is 2.84. The van der Waals surface area contributed by atoms with Crippen molar-refractivity contribution in [1.29, 1.82) is 0 Å². The summed E-state index contributed by atoms with van der Waals surface area (Å²) in [5.41, 5.74) is 0.474. The van der Waals surface area contributed by atoms with Gasteiger partial charge < -0.3 is 9.15 Å². The van der Waals surface area contributed by atoms with Gasteiger partial charge in [-0.1, -0.05) is 0 Å². The summed E-state index contributed by atoms with van der Waals surface area (Å²) in [4.78, 5) is 10.9. The van der Waals surface area contributed by atoms with E-state index in [0.29, 0.717) is 22.0 Å². The van der Waals surface area contributed by atoms with E-state index in [2.05, 4.69) is 0 Å². The van der Waals surface area contributed by atoms with Gasteiger partial charge in [-0.05, 0) is 19.1 Å². The van der Waals surface area contributed by atoms with Gasteiger partial charge in [-0.25, -0.2) is 0 Å². The molecule has 0 saturated carbocycles. The van der Waals surface area contributed by atoms with E-state index in [-0.39, 0.29) is 11.4 Å². The summed E-state index contributed by atoms with van der Waals surface area (Å²) < 4.78 is 22.5. The van der Waals surface area contributed by atoms with E-state index in [1.54, 1.807) is 13.0 Å². The van der Waals surface area contributed by atoms with Crippen molar-refractivity contribution in [3.63, 3.8) is 0 Å². The molecule has 0 aliphatic heterocycles. The second-order valence-corrected chi connectivity index (χ2v) is 5.50. The number of furan rings is 1. The quantitative estimate of drug-likeness (QED) is 0.625. The van der Waals surface area contributed by atoms with E-state index in [0.717, 1.165) is 0 Å². The van der Waals surface area contributed by atoms with Crippen molar-refractivity contribution in [2.75, 3.05) is 7.11 Å². The molecule has 20 heavy (non-hydrogen) atoms. The third kappa shape index (κ3) is 2.88. The standard InChI is InChI=1S/C13H13NO5S/c1-9-13(5-6-19-9)20(17)8-10-7-11(14(15)16)3-4-12(10)18-2/h3-7H,8H2,1-2H3/t20-/m0/s1. The fourth-order valence-corrected chi connectivity index (χ4v) is 3.06. The van der Waals surface area contributed by atoms with Gasteiger partial charge in [0.25, 0.3) is 5.69 Å².